The van der Waals surface area contributed by atoms with Gasteiger partial charge in [-0.3, -0.25) is 4.79 Å². The first-order chi connectivity index (χ1) is 9.58. The molecule has 0 aliphatic rings. The Morgan fingerprint density at radius 1 is 1.40 bits per heavy atom. The second kappa shape index (κ2) is 6.41. The van der Waals surface area contributed by atoms with Gasteiger partial charge in [0.15, 0.2) is 5.78 Å². The van der Waals surface area contributed by atoms with Gasteiger partial charge in [0.2, 0.25) is 0 Å². The number of Topliss-reactive ketones (excluding diaryl/α,β-unsaturated/α-hetero) is 1. The summed E-state index contributed by atoms with van der Waals surface area (Å²) >= 11 is 13.3. The average Bonchev–Trinajstić information content (AvgIpc) is 2.90. The summed E-state index contributed by atoms with van der Waals surface area (Å²) in [5.41, 5.74) is 1.46. The molecule has 5 heteroatoms. The predicted molar refractivity (Wildman–Crippen MR) is 82.8 cm³/mol. The average molecular weight is 324 g/mol. The van der Waals surface area contributed by atoms with Crippen LogP contribution in [0.15, 0.2) is 29.6 Å². The second-order valence-corrected chi connectivity index (χ2v) is 5.98. The summed E-state index contributed by atoms with van der Waals surface area (Å²) in [5.74, 6) is -1.10. The van der Waals surface area contributed by atoms with Crippen LogP contribution in [-0.4, -0.2) is 5.78 Å². The van der Waals surface area contributed by atoms with Crippen molar-refractivity contribution in [2.45, 2.75) is 19.3 Å². The molecule has 0 saturated heterocycles. The van der Waals surface area contributed by atoms with Gasteiger partial charge in [0, 0.05) is 10.0 Å². The number of ketones is 1. The highest BCUT2D eigenvalue weighted by Gasteiger charge is 2.26. The zero-order valence-corrected chi connectivity index (χ0v) is 13.0. The van der Waals surface area contributed by atoms with Crippen LogP contribution in [0.2, 0.25) is 10.0 Å². The number of carbonyl (C=O) groups excluding carboxylic acids is 1. The molecule has 0 spiro atoms. The minimum absolute atomic E-state index is 0.205. The Hall–Kier alpha value is -1.34. The van der Waals surface area contributed by atoms with E-state index in [0.29, 0.717) is 20.5 Å². The summed E-state index contributed by atoms with van der Waals surface area (Å²) in [6, 6.07) is 8.78. The lowest BCUT2D eigenvalue weighted by Gasteiger charge is -2.10. The highest BCUT2D eigenvalue weighted by molar-refractivity contribution is 7.12. The Morgan fingerprint density at radius 3 is 2.75 bits per heavy atom. The Kier molecular flexibility index (Phi) is 4.82. The molecule has 1 unspecified atom stereocenters. The third kappa shape index (κ3) is 2.88. The lowest BCUT2D eigenvalue weighted by atomic mass is 9.93. The molecule has 2 nitrogen and oxygen atoms in total. The van der Waals surface area contributed by atoms with Gasteiger partial charge in [0.05, 0.1) is 10.9 Å². The number of aryl methyl sites for hydroxylation is 1. The van der Waals surface area contributed by atoms with Crippen molar-refractivity contribution >= 4 is 40.3 Å². The molecule has 102 valence electrons. The van der Waals surface area contributed by atoms with Crippen molar-refractivity contribution in [3.8, 4) is 6.07 Å². The summed E-state index contributed by atoms with van der Waals surface area (Å²) in [5, 5.41) is 12.0. The number of benzene rings is 1. The maximum atomic E-state index is 12.6. The van der Waals surface area contributed by atoms with Crippen molar-refractivity contribution in [3.05, 3.63) is 55.7 Å². The van der Waals surface area contributed by atoms with Crippen LogP contribution in [0.3, 0.4) is 0 Å². The standard InChI is InChI=1S/C15H11Cl2NOS/c1-2-9-5-6-20-15(9)14(19)12(8-18)11-4-3-10(16)7-13(11)17/h3-7,12H,2H2,1H3. The molecule has 0 bridgehead atoms. The number of hydrogen-bond donors (Lipinski definition) is 0. The molecule has 0 saturated carbocycles. The van der Waals surface area contributed by atoms with E-state index in [4.69, 9.17) is 23.2 Å². The number of hydrogen-bond acceptors (Lipinski definition) is 3. The van der Waals surface area contributed by atoms with Gasteiger partial charge in [0.1, 0.15) is 5.92 Å². The lowest BCUT2D eigenvalue weighted by molar-refractivity contribution is 0.0982. The van der Waals surface area contributed by atoms with Gasteiger partial charge in [-0.05, 0) is 41.1 Å². The van der Waals surface area contributed by atoms with Gasteiger partial charge in [0.25, 0.3) is 0 Å². The summed E-state index contributed by atoms with van der Waals surface area (Å²) in [6.07, 6.45) is 0.761. The Morgan fingerprint density at radius 2 is 2.15 bits per heavy atom. The summed E-state index contributed by atoms with van der Waals surface area (Å²) < 4.78 is 0. The van der Waals surface area contributed by atoms with Crippen LogP contribution in [-0.2, 0) is 6.42 Å². The predicted octanol–water partition coefficient (Wildman–Crippen LogP) is 5.11. The molecule has 1 aromatic carbocycles. The van der Waals surface area contributed by atoms with E-state index in [0.717, 1.165) is 12.0 Å². The van der Waals surface area contributed by atoms with Crippen molar-refractivity contribution in [1.82, 2.24) is 0 Å². The third-order valence-corrected chi connectivity index (χ3v) is 4.55. The molecule has 0 amide bonds. The molecule has 2 rings (SSSR count). The summed E-state index contributed by atoms with van der Waals surface area (Å²) in [6.45, 7) is 1.98. The molecular formula is C15H11Cl2NOS. The fourth-order valence-corrected chi connectivity index (χ4v) is 3.45. The Balaban J connectivity index is 2.43. The van der Waals surface area contributed by atoms with Crippen LogP contribution >= 0.6 is 34.5 Å². The topological polar surface area (TPSA) is 40.9 Å². The highest BCUT2D eigenvalue weighted by Crippen LogP contribution is 2.31. The van der Waals surface area contributed by atoms with Gasteiger partial charge in [-0.25, -0.2) is 0 Å². The molecule has 2 aromatic rings. The van der Waals surface area contributed by atoms with Crippen LogP contribution < -0.4 is 0 Å². The Labute approximate surface area is 131 Å². The minimum atomic E-state index is -0.899. The number of thiophene rings is 1. The molecule has 0 aliphatic heterocycles. The second-order valence-electron chi connectivity index (χ2n) is 4.22. The highest BCUT2D eigenvalue weighted by atomic mass is 35.5. The van der Waals surface area contributed by atoms with Crippen LogP contribution in [0, 0.1) is 11.3 Å². The monoisotopic (exact) mass is 323 g/mol. The molecular weight excluding hydrogens is 313 g/mol. The van der Waals surface area contributed by atoms with Crippen molar-refractivity contribution < 1.29 is 4.79 Å². The summed E-state index contributed by atoms with van der Waals surface area (Å²) in [7, 11) is 0. The zero-order valence-electron chi connectivity index (χ0n) is 10.7. The number of rotatable bonds is 4. The maximum Gasteiger partial charge on any atom is 0.194 e. The van der Waals surface area contributed by atoms with E-state index in [1.54, 1.807) is 18.2 Å². The van der Waals surface area contributed by atoms with Crippen molar-refractivity contribution in [1.29, 1.82) is 5.26 Å². The lowest BCUT2D eigenvalue weighted by Crippen LogP contribution is -2.12. The van der Waals surface area contributed by atoms with Gasteiger partial charge >= 0.3 is 0 Å². The van der Waals surface area contributed by atoms with E-state index in [1.165, 1.54) is 11.3 Å². The molecule has 0 aliphatic carbocycles. The van der Waals surface area contributed by atoms with E-state index < -0.39 is 5.92 Å². The van der Waals surface area contributed by atoms with Gasteiger partial charge < -0.3 is 0 Å². The van der Waals surface area contributed by atoms with E-state index >= 15 is 0 Å². The molecule has 0 N–H and O–H groups in total. The van der Waals surface area contributed by atoms with E-state index in [1.807, 2.05) is 24.4 Å². The maximum absolute atomic E-state index is 12.6. The van der Waals surface area contributed by atoms with E-state index in [9.17, 15) is 10.1 Å². The quantitative estimate of drug-likeness (QED) is 0.734. The molecule has 1 heterocycles. The van der Waals surface area contributed by atoms with Gasteiger partial charge in [-0.15, -0.1) is 11.3 Å². The minimum Gasteiger partial charge on any atom is -0.291 e. The fourth-order valence-electron chi connectivity index (χ4n) is 1.97. The number of carbonyl (C=O) groups is 1. The fraction of sp³-hybridized carbons (Fsp3) is 0.200. The Bertz CT molecular complexity index is 687. The van der Waals surface area contributed by atoms with Gasteiger partial charge in [-0.2, -0.15) is 5.26 Å². The van der Waals surface area contributed by atoms with Crippen LogP contribution in [0.1, 0.15) is 33.6 Å². The van der Waals surface area contributed by atoms with Crippen molar-refractivity contribution in [2.24, 2.45) is 0 Å². The van der Waals surface area contributed by atoms with Crippen LogP contribution in [0.25, 0.3) is 0 Å². The number of nitriles is 1. The molecule has 1 aromatic heterocycles. The van der Waals surface area contributed by atoms with E-state index in [-0.39, 0.29) is 5.78 Å². The first-order valence-corrected chi connectivity index (χ1v) is 7.67. The molecule has 0 fully saturated rings. The molecule has 20 heavy (non-hydrogen) atoms. The van der Waals surface area contributed by atoms with Crippen LogP contribution in [0.5, 0.6) is 0 Å². The van der Waals surface area contributed by atoms with Crippen molar-refractivity contribution in [2.75, 3.05) is 0 Å². The van der Waals surface area contributed by atoms with Crippen molar-refractivity contribution in [3.63, 3.8) is 0 Å². The molecule has 0 radical (unpaired) electrons. The smallest absolute Gasteiger partial charge is 0.194 e. The largest absolute Gasteiger partial charge is 0.291 e. The van der Waals surface area contributed by atoms with Gasteiger partial charge in [-0.1, -0.05) is 36.2 Å². The normalized spacial score (nSPS) is 11.9. The first-order valence-electron chi connectivity index (χ1n) is 6.03. The van der Waals surface area contributed by atoms with Crippen LogP contribution in [0.4, 0.5) is 0 Å². The number of halogens is 2. The third-order valence-electron chi connectivity index (χ3n) is 3.02. The molecule has 1 atom stereocenters. The first kappa shape index (κ1) is 15.1. The number of nitrogens with zero attached hydrogens (tertiary/aromatic N) is 1. The van der Waals surface area contributed by atoms with E-state index in [2.05, 4.69) is 0 Å². The summed E-state index contributed by atoms with van der Waals surface area (Å²) in [4.78, 5) is 13.2. The SMILES string of the molecule is CCc1ccsc1C(=O)C(C#N)c1ccc(Cl)cc1Cl. The zero-order chi connectivity index (χ0) is 14.7.